The molecule has 1 rings (SSSR count). The van der Waals surface area contributed by atoms with Gasteiger partial charge in [-0.3, -0.25) is 4.79 Å². The van der Waals surface area contributed by atoms with Crippen LogP contribution in [0.5, 0.6) is 0 Å². The zero-order valence-electron chi connectivity index (χ0n) is 8.22. The molecule has 1 N–H and O–H groups in total. The van der Waals surface area contributed by atoms with Gasteiger partial charge in [0.15, 0.2) is 0 Å². The first-order valence-electron chi connectivity index (χ1n) is 4.45. The minimum absolute atomic E-state index is 0.129. The minimum atomic E-state index is -0.787. The van der Waals surface area contributed by atoms with Crippen molar-refractivity contribution in [3.63, 3.8) is 0 Å². The van der Waals surface area contributed by atoms with Crippen molar-refractivity contribution < 1.29 is 14.3 Å². The van der Waals surface area contributed by atoms with Crippen LogP contribution < -0.4 is 5.32 Å². The fourth-order valence-electron chi connectivity index (χ4n) is 1.13. The number of nitrogens with one attached hydrogen (secondary N) is 1. The standard InChI is InChI=1S/C9H15NO3/c1-4-13-8(12)7(11)10-6-5-9(6,2)3/h6H,4-5H2,1-3H3,(H,10,11). The smallest absolute Gasteiger partial charge is 0.396 e. The second-order valence-corrected chi connectivity index (χ2v) is 3.94. The Morgan fingerprint density at radius 2 is 2.08 bits per heavy atom. The molecule has 1 aliphatic rings. The molecule has 0 saturated heterocycles. The van der Waals surface area contributed by atoms with E-state index in [2.05, 4.69) is 10.1 Å². The Kier molecular flexibility index (Phi) is 2.59. The van der Waals surface area contributed by atoms with Crippen molar-refractivity contribution in [2.45, 2.75) is 33.2 Å². The molecular weight excluding hydrogens is 170 g/mol. The van der Waals surface area contributed by atoms with Crippen molar-refractivity contribution in [1.82, 2.24) is 5.32 Å². The highest BCUT2D eigenvalue weighted by atomic mass is 16.5. The lowest BCUT2D eigenvalue weighted by Crippen LogP contribution is -2.35. The highest BCUT2D eigenvalue weighted by Crippen LogP contribution is 2.44. The summed E-state index contributed by atoms with van der Waals surface area (Å²) in [5.74, 6) is -1.41. The van der Waals surface area contributed by atoms with Gasteiger partial charge in [0, 0.05) is 6.04 Å². The summed E-state index contributed by atoms with van der Waals surface area (Å²) in [6.45, 7) is 6.00. The van der Waals surface area contributed by atoms with E-state index in [1.807, 2.05) is 13.8 Å². The molecule has 0 aliphatic heterocycles. The van der Waals surface area contributed by atoms with E-state index in [1.165, 1.54) is 0 Å². The van der Waals surface area contributed by atoms with E-state index in [9.17, 15) is 9.59 Å². The molecule has 0 radical (unpaired) electrons. The molecule has 1 fully saturated rings. The van der Waals surface area contributed by atoms with Gasteiger partial charge in [0.2, 0.25) is 0 Å². The molecule has 13 heavy (non-hydrogen) atoms. The Morgan fingerprint density at radius 3 is 2.46 bits per heavy atom. The summed E-state index contributed by atoms with van der Waals surface area (Å²) in [6.07, 6.45) is 0.929. The van der Waals surface area contributed by atoms with Crippen LogP contribution in [0.2, 0.25) is 0 Å². The average Bonchev–Trinajstić information content (AvgIpc) is 2.59. The molecule has 1 amide bonds. The number of amides is 1. The summed E-state index contributed by atoms with van der Waals surface area (Å²) < 4.78 is 4.55. The number of hydrogen-bond acceptors (Lipinski definition) is 3. The summed E-state index contributed by atoms with van der Waals surface area (Å²) >= 11 is 0. The average molecular weight is 185 g/mol. The number of ether oxygens (including phenoxy) is 1. The lowest BCUT2D eigenvalue weighted by molar-refractivity contribution is -0.154. The van der Waals surface area contributed by atoms with E-state index in [-0.39, 0.29) is 18.1 Å². The van der Waals surface area contributed by atoms with E-state index in [1.54, 1.807) is 6.92 Å². The molecule has 4 heteroatoms. The Bertz CT molecular complexity index is 235. The molecule has 1 unspecified atom stereocenters. The number of carbonyl (C=O) groups excluding carboxylic acids is 2. The normalized spacial score (nSPS) is 23.5. The molecule has 0 heterocycles. The number of carbonyl (C=O) groups is 2. The van der Waals surface area contributed by atoms with Crippen LogP contribution in [0.15, 0.2) is 0 Å². The minimum Gasteiger partial charge on any atom is -0.459 e. The highest BCUT2D eigenvalue weighted by Gasteiger charge is 2.47. The first-order valence-corrected chi connectivity index (χ1v) is 4.45. The van der Waals surface area contributed by atoms with Gasteiger partial charge in [-0.2, -0.15) is 0 Å². The topological polar surface area (TPSA) is 55.4 Å². The second kappa shape index (κ2) is 3.36. The van der Waals surface area contributed by atoms with Gasteiger partial charge < -0.3 is 10.1 Å². The maximum atomic E-state index is 11.1. The summed E-state index contributed by atoms with van der Waals surface area (Å²) in [4.78, 5) is 22.0. The summed E-state index contributed by atoms with van der Waals surface area (Å²) in [5, 5.41) is 2.62. The molecule has 0 spiro atoms. The van der Waals surface area contributed by atoms with Crippen molar-refractivity contribution in [3.05, 3.63) is 0 Å². The van der Waals surface area contributed by atoms with Crippen LogP contribution in [0.1, 0.15) is 27.2 Å². The molecule has 0 aromatic carbocycles. The molecule has 1 atom stereocenters. The summed E-state index contributed by atoms with van der Waals surface area (Å²) in [6, 6.07) is 0.129. The van der Waals surface area contributed by atoms with E-state index < -0.39 is 11.9 Å². The van der Waals surface area contributed by atoms with E-state index in [4.69, 9.17) is 0 Å². The third-order valence-corrected chi connectivity index (χ3v) is 2.28. The van der Waals surface area contributed by atoms with Crippen LogP contribution in [-0.4, -0.2) is 24.5 Å². The molecule has 4 nitrogen and oxygen atoms in total. The number of esters is 1. The first kappa shape index (κ1) is 10.0. The maximum absolute atomic E-state index is 11.1. The van der Waals surface area contributed by atoms with Crippen molar-refractivity contribution in [3.8, 4) is 0 Å². The van der Waals surface area contributed by atoms with Crippen molar-refractivity contribution in [2.75, 3.05) is 6.61 Å². The van der Waals surface area contributed by atoms with Gasteiger partial charge in [-0.05, 0) is 18.8 Å². The third kappa shape index (κ3) is 2.44. The molecular formula is C9H15NO3. The van der Waals surface area contributed by atoms with E-state index >= 15 is 0 Å². The van der Waals surface area contributed by atoms with Gasteiger partial charge in [-0.25, -0.2) is 4.79 Å². The van der Waals surface area contributed by atoms with Gasteiger partial charge in [0.05, 0.1) is 6.61 Å². The quantitative estimate of drug-likeness (QED) is 0.502. The van der Waals surface area contributed by atoms with Crippen molar-refractivity contribution in [1.29, 1.82) is 0 Å². The maximum Gasteiger partial charge on any atom is 0.396 e. The first-order chi connectivity index (χ1) is 5.97. The van der Waals surface area contributed by atoms with Crippen LogP contribution in [0.3, 0.4) is 0 Å². The van der Waals surface area contributed by atoms with Gasteiger partial charge >= 0.3 is 11.9 Å². The molecule has 1 aliphatic carbocycles. The summed E-state index contributed by atoms with van der Waals surface area (Å²) in [7, 11) is 0. The fraction of sp³-hybridized carbons (Fsp3) is 0.778. The predicted molar refractivity (Wildman–Crippen MR) is 47.0 cm³/mol. The van der Waals surface area contributed by atoms with Crippen LogP contribution >= 0.6 is 0 Å². The number of hydrogen-bond donors (Lipinski definition) is 1. The van der Waals surface area contributed by atoms with E-state index in [0.29, 0.717) is 0 Å². The number of rotatable bonds is 2. The molecule has 0 bridgehead atoms. The Balaban J connectivity index is 2.30. The summed E-state index contributed by atoms with van der Waals surface area (Å²) in [5.41, 5.74) is 0.141. The Hall–Kier alpha value is -1.06. The van der Waals surface area contributed by atoms with Crippen LogP contribution in [0.25, 0.3) is 0 Å². The zero-order valence-corrected chi connectivity index (χ0v) is 8.22. The monoisotopic (exact) mass is 185 g/mol. The highest BCUT2D eigenvalue weighted by molar-refractivity contribution is 6.32. The van der Waals surface area contributed by atoms with Gasteiger partial charge in [-0.1, -0.05) is 13.8 Å². The SMILES string of the molecule is CCOC(=O)C(=O)NC1CC1(C)C. The van der Waals surface area contributed by atoms with Gasteiger partial charge in [-0.15, -0.1) is 0 Å². The lowest BCUT2D eigenvalue weighted by atomic mass is 10.2. The van der Waals surface area contributed by atoms with E-state index in [0.717, 1.165) is 6.42 Å². The Morgan fingerprint density at radius 1 is 1.54 bits per heavy atom. The van der Waals surface area contributed by atoms with Gasteiger partial charge in [0.1, 0.15) is 0 Å². The van der Waals surface area contributed by atoms with Crippen LogP contribution in [-0.2, 0) is 14.3 Å². The Labute approximate surface area is 77.6 Å². The van der Waals surface area contributed by atoms with Crippen LogP contribution in [0.4, 0.5) is 0 Å². The molecule has 1 saturated carbocycles. The second-order valence-electron chi connectivity index (χ2n) is 3.94. The molecule has 0 aromatic rings. The molecule has 0 aromatic heterocycles. The van der Waals surface area contributed by atoms with Gasteiger partial charge in [0.25, 0.3) is 0 Å². The van der Waals surface area contributed by atoms with Crippen LogP contribution in [0, 0.1) is 5.41 Å². The predicted octanol–water partition coefficient (Wildman–Crippen LogP) is 0.464. The molecule has 74 valence electrons. The zero-order chi connectivity index (χ0) is 10.1. The third-order valence-electron chi connectivity index (χ3n) is 2.28. The lowest BCUT2D eigenvalue weighted by Gasteiger charge is -2.05. The largest absolute Gasteiger partial charge is 0.459 e. The van der Waals surface area contributed by atoms with Crippen molar-refractivity contribution >= 4 is 11.9 Å². The van der Waals surface area contributed by atoms with Crippen molar-refractivity contribution in [2.24, 2.45) is 5.41 Å². The fourth-order valence-corrected chi connectivity index (χ4v) is 1.13.